The van der Waals surface area contributed by atoms with Crippen molar-refractivity contribution in [2.45, 2.75) is 25.8 Å². The number of benzene rings is 1. The van der Waals surface area contributed by atoms with Crippen LogP contribution in [0.1, 0.15) is 23.4 Å². The maximum atomic E-state index is 12.4. The molecule has 0 aliphatic heterocycles. The van der Waals surface area contributed by atoms with Gasteiger partial charge in [-0.2, -0.15) is 5.10 Å². The summed E-state index contributed by atoms with van der Waals surface area (Å²) < 4.78 is 5.82. The molecule has 1 aliphatic rings. The molecule has 24 heavy (non-hydrogen) atoms. The van der Waals surface area contributed by atoms with Crippen molar-refractivity contribution in [1.82, 2.24) is 15.5 Å². The van der Waals surface area contributed by atoms with E-state index in [9.17, 15) is 4.79 Å². The van der Waals surface area contributed by atoms with Crippen LogP contribution in [-0.2, 0) is 24.2 Å². The quantitative estimate of drug-likeness (QED) is 0.776. The number of rotatable bonds is 4. The number of aromatic nitrogens is 2. The third-order valence-electron chi connectivity index (χ3n) is 4.55. The van der Waals surface area contributed by atoms with Crippen LogP contribution in [0.4, 0.5) is 0 Å². The first-order chi connectivity index (χ1) is 11.8. The Morgan fingerprint density at radius 1 is 1.25 bits per heavy atom. The molecule has 0 saturated carbocycles. The van der Waals surface area contributed by atoms with Crippen molar-refractivity contribution in [2.24, 2.45) is 5.92 Å². The summed E-state index contributed by atoms with van der Waals surface area (Å²) in [5.41, 5.74) is 3.36. The highest BCUT2D eigenvalue weighted by molar-refractivity contribution is 5.79. The minimum absolute atomic E-state index is 0.00139. The van der Waals surface area contributed by atoms with E-state index in [2.05, 4.69) is 15.5 Å². The number of nitrogens with one attached hydrogen (secondary N) is 2. The second-order valence-electron chi connectivity index (χ2n) is 6.16. The van der Waals surface area contributed by atoms with Gasteiger partial charge >= 0.3 is 0 Å². The second kappa shape index (κ2) is 6.35. The SMILES string of the molecule is O=C(NCc1ccc(-c2ccccc2)o1)C1CCc2cn[nH]c2C1. The number of carbonyl (C=O) groups is 1. The van der Waals surface area contributed by atoms with Gasteiger partial charge in [-0.25, -0.2) is 0 Å². The zero-order valence-electron chi connectivity index (χ0n) is 13.3. The Kier molecular flexibility index (Phi) is 3.91. The molecule has 0 saturated heterocycles. The fourth-order valence-electron chi connectivity index (χ4n) is 3.18. The lowest BCUT2D eigenvalue weighted by Crippen LogP contribution is -2.33. The number of hydrogen-bond donors (Lipinski definition) is 2. The highest BCUT2D eigenvalue weighted by Gasteiger charge is 2.25. The molecule has 2 N–H and O–H groups in total. The molecule has 5 heteroatoms. The van der Waals surface area contributed by atoms with E-state index in [1.807, 2.05) is 48.7 Å². The number of hydrogen-bond acceptors (Lipinski definition) is 3. The summed E-state index contributed by atoms with van der Waals surface area (Å²) in [6, 6.07) is 13.8. The van der Waals surface area contributed by atoms with Gasteiger partial charge in [0.15, 0.2) is 0 Å². The molecule has 0 spiro atoms. The molecule has 2 heterocycles. The number of aromatic amines is 1. The first-order valence-corrected chi connectivity index (χ1v) is 8.22. The lowest BCUT2D eigenvalue weighted by Gasteiger charge is -2.20. The van der Waals surface area contributed by atoms with E-state index in [0.29, 0.717) is 6.54 Å². The summed E-state index contributed by atoms with van der Waals surface area (Å²) in [5.74, 6) is 1.66. The molecule has 1 unspecified atom stereocenters. The summed E-state index contributed by atoms with van der Waals surface area (Å²) in [7, 11) is 0. The number of fused-ring (bicyclic) bond motifs is 1. The maximum absolute atomic E-state index is 12.4. The third-order valence-corrected chi connectivity index (χ3v) is 4.55. The molecule has 0 fully saturated rings. The average molecular weight is 321 g/mol. The zero-order valence-corrected chi connectivity index (χ0v) is 13.3. The van der Waals surface area contributed by atoms with Crippen LogP contribution in [0.2, 0.25) is 0 Å². The van der Waals surface area contributed by atoms with Crippen molar-refractivity contribution in [1.29, 1.82) is 0 Å². The Morgan fingerprint density at radius 2 is 2.12 bits per heavy atom. The summed E-state index contributed by atoms with van der Waals surface area (Å²) in [4.78, 5) is 12.4. The lowest BCUT2D eigenvalue weighted by atomic mass is 9.87. The molecule has 1 atom stereocenters. The average Bonchev–Trinajstić information content (AvgIpc) is 3.29. The lowest BCUT2D eigenvalue weighted by molar-refractivity contribution is -0.125. The van der Waals surface area contributed by atoms with Gasteiger partial charge in [-0.1, -0.05) is 30.3 Å². The van der Waals surface area contributed by atoms with Crippen LogP contribution in [0.3, 0.4) is 0 Å². The molecule has 3 aromatic rings. The van der Waals surface area contributed by atoms with Gasteiger partial charge in [0.25, 0.3) is 0 Å². The smallest absolute Gasteiger partial charge is 0.223 e. The van der Waals surface area contributed by atoms with Crippen molar-refractivity contribution in [3.8, 4) is 11.3 Å². The van der Waals surface area contributed by atoms with Gasteiger partial charge < -0.3 is 9.73 Å². The van der Waals surface area contributed by atoms with Crippen molar-refractivity contribution < 1.29 is 9.21 Å². The summed E-state index contributed by atoms with van der Waals surface area (Å²) in [6.07, 6.45) is 4.36. The summed E-state index contributed by atoms with van der Waals surface area (Å²) in [5, 5.41) is 10.0. The molecule has 1 aromatic carbocycles. The van der Waals surface area contributed by atoms with Crippen LogP contribution in [0, 0.1) is 5.92 Å². The van der Waals surface area contributed by atoms with E-state index in [0.717, 1.165) is 42.0 Å². The largest absolute Gasteiger partial charge is 0.459 e. The minimum Gasteiger partial charge on any atom is -0.459 e. The van der Waals surface area contributed by atoms with Gasteiger partial charge in [0, 0.05) is 23.6 Å². The van der Waals surface area contributed by atoms with E-state index in [1.165, 1.54) is 5.56 Å². The van der Waals surface area contributed by atoms with Crippen molar-refractivity contribution in [3.63, 3.8) is 0 Å². The molecule has 122 valence electrons. The number of carbonyl (C=O) groups excluding carboxylic acids is 1. The molecule has 0 bridgehead atoms. The number of H-pyrrole nitrogens is 1. The van der Waals surface area contributed by atoms with Gasteiger partial charge in [-0.3, -0.25) is 9.89 Å². The number of amides is 1. The van der Waals surface area contributed by atoms with Gasteiger partial charge in [0.2, 0.25) is 5.91 Å². The van der Waals surface area contributed by atoms with Gasteiger partial charge in [-0.05, 0) is 30.5 Å². The van der Waals surface area contributed by atoms with Crippen molar-refractivity contribution in [3.05, 3.63) is 65.7 Å². The summed E-state index contributed by atoms with van der Waals surface area (Å²) in [6.45, 7) is 0.415. The Balaban J connectivity index is 1.36. The van der Waals surface area contributed by atoms with Crippen LogP contribution in [0.25, 0.3) is 11.3 Å². The van der Waals surface area contributed by atoms with Gasteiger partial charge in [0.1, 0.15) is 11.5 Å². The van der Waals surface area contributed by atoms with Crippen LogP contribution >= 0.6 is 0 Å². The first kappa shape index (κ1) is 14.8. The Morgan fingerprint density at radius 3 is 3.00 bits per heavy atom. The topological polar surface area (TPSA) is 70.9 Å². The third kappa shape index (κ3) is 2.97. The predicted octanol–water partition coefficient (Wildman–Crippen LogP) is 3.09. The number of aryl methyl sites for hydroxylation is 1. The van der Waals surface area contributed by atoms with Crippen LogP contribution < -0.4 is 5.32 Å². The summed E-state index contributed by atoms with van der Waals surface area (Å²) >= 11 is 0. The Bertz CT molecular complexity index is 835. The monoisotopic (exact) mass is 321 g/mol. The Hall–Kier alpha value is -2.82. The molecule has 1 aliphatic carbocycles. The van der Waals surface area contributed by atoms with Crippen LogP contribution in [-0.4, -0.2) is 16.1 Å². The molecular formula is C19H19N3O2. The molecule has 0 radical (unpaired) electrons. The fraction of sp³-hybridized carbons (Fsp3) is 0.263. The molecule has 4 rings (SSSR count). The van der Waals surface area contributed by atoms with Gasteiger partial charge in [-0.15, -0.1) is 0 Å². The van der Waals surface area contributed by atoms with E-state index < -0.39 is 0 Å². The van der Waals surface area contributed by atoms with Gasteiger partial charge in [0.05, 0.1) is 12.7 Å². The number of nitrogens with zero attached hydrogens (tertiary/aromatic N) is 1. The zero-order chi connectivity index (χ0) is 16.4. The first-order valence-electron chi connectivity index (χ1n) is 8.22. The van der Waals surface area contributed by atoms with E-state index in [1.54, 1.807) is 0 Å². The van der Waals surface area contributed by atoms with E-state index in [4.69, 9.17) is 4.42 Å². The molecule has 2 aromatic heterocycles. The van der Waals surface area contributed by atoms with E-state index in [-0.39, 0.29) is 11.8 Å². The normalized spacial score (nSPS) is 16.6. The Labute approximate surface area is 140 Å². The minimum atomic E-state index is 0.00139. The fourth-order valence-corrected chi connectivity index (χ4v) is 3.18. The van der Waals surface area contributed by atoms with Crippen molar-refractivity contribution in [2.75, 3.05) is 0 Å². The molecule has 5 nitrogen and oxygen atoms in total. The maximum Gasteiger partial charge on any atom is 0.223 e. The highest BCUT2D eigenvalue weighted by atomic mass is 16.3. The molecular weight excluding hydrogens is 302 g/mol. The van der Waals surface area contributed by atoms with E-state index >= 15 is 0 Å². The second-order valence-corrected chi connectivity index (χ2v) is 6.16. The molecule has 1 amide bonds. The standard InChI is InChI=1S/C19H19N3O2/c23-19(14-6-7-15-11-21-22-17(15)10-14)20-12-16-8-9-18(24-16)13-4-2-1-3-5-13/h1-5,8-9,11,14H,6-7,10,12H2,(H,20,23)(H,21,22). The predicted molar refractivity (Wildman–Crippen MR) is 90.1 cm³/mol. The number of furan rings is 1. The highest BCUT2D eigenvalue weighted by Crippen LogP contribution is 2.24. The van der Waals surface area contributed by atoms with Crippen LogP contribution in [0.15, 0.2) is 53.1 Å². The van der Waals surface area contributed by atoms with Crippen molar-refractivity contribution >= 4 is 5.91 Å². The van der Waals surface area contributed by atoms with Crippen LogP contribution in [0.5, 0.6) is 0 Å².